The standard InChI is InChI=1S/C17H24N4O3/c1-13-3-4-16(24-13)17(23)19-14-5-9-20(10-6-14)11-15(22)12-21-8-2-7-18-21/h2-4,7-8,14-15,22H,5-6,9-12H2,1H3,(H,19,23)/t15-/m0/s1. The van der Waals surface area contributed by atoms with Gasteiger partial charge in [0.15, 0.2) is 5.76 Å². The van der Waals surface area contributed by atoms with Crippen LogP contribution in [-0.4, -0.2) is 57.5 Å². The monoisotopic (exact) mass is 332 g/mol. The lowest BCUT2D eigenvalue weighted by atomic mass is 10.0. The Kier molecular flexibility index (Phi) is 5.32. The van der Waals surface area contributed by atoms with Gasteiger partial charge >= 0.3 is 0 Å². The number of piperidine rings is 1. The third-order valence-corrected chi connectivity index (χ3v) is 4.31. The average molecular weight is 332 g/mol. The number of aryl methyl sites for hydroxylation is 1. The molecule has 3 heterocycles. The van der Waals surface area contributed by atoms with Crippen LogP contribution in [0.25, 0.3) is 0 Å². The summed E-state index contributed by atoms with van der Waals surface area (Å²) in [6.07, 6.45) is 4.87. The molecule has 1 aliphatic heterocycles. The van der Waals surface area contributed by atoms with Gasteiger partial charge in [0, 0.05) is 38.1 Å². The Balaban J connectivity index is 1.40. The summed E-state index contributed by atoms with van der Waals surface area (Å²) in [5, 5.41) is 17.3. The number of furan rings is 1. The molecule has 7 nitrogen and oxygen atoms in total. The minimum absolute atomic E-state index is 0.153. The highest BCUT2D eigenvalue weighted by Crippen LogP contribution is 2.13. The molecule has 130 valence electrons. The molecule has 7 heteroatoms. The summed E-state index contributed by atoms with van der Waals surface area (Å²) >= 11 is 0. The molecule has 1 atom stereocenters. The van der Waals surface area contributed by atoms with E-state index in [0.717, 1.165) is 31.7 Å². The highest BCUT2D eigenvalue weighted by Gasteiger charge is 2.23. The van der Waals surface area contributed by atoms with Crippen molar-refractivity contribution < 1.29 is 14.3 Å². The van der Waals surface area contributed by atoms with Crippen molar-refractivity contribution in [3.63, 3.8) is 0 Å². The highest BCUT2D eigenvalue weighted by atomic mass is 16.3. The molecule has 0 radical (unpaired) electrons. The molecule has 3 rings (SSSR count). The number of aliphatic hydroxyl groups excluding tert-OH is 1. The van der Waals surface area contributed by atoms with E-state index in [4.69, 9.17) is 4.42 Å². The maximum atomic E-state index is 12.1. The lowest BCUT2D eigenvalue weighted by molar-refractivity contribution is 0.0741. The van der Waals surface area contributed by atoms with E-state index in [1.54, 1.807) is 23.0 Å². The van der Waals surface area contributed by atoms with Crippen LogP contribution in [0.1, 0.15) is 29.2 Å². The molecule has 0 bridgehead atoms. The Morgan fingerprint density at radius 2 is 2.21 bits per heavy atom. The number of aromatic nitrogens is 2. The summed E-state index contributed by atoms with van der Waals surface area (Å²) < 4.78 is 7.09. The van der Waals surface area contributed by atoms with Crippen LogP contribution in [0.3, 0.4) is 0 Å². The topological polar surface area (TPSA) is 83.5 Å². The van der Waals surface area contributed by atoms with E-state index >= 15 is 0 Å². The first-order chi connectivity index (χ1) is 11.6. The van der Waals surface area contributed by atoms with Gasteiger partial charge < -0.3 is 19.7 Å². The molecule has 2 aromatic heterocycles. The van der Waals surface area contributed by atoms with Gasteiger partial charge in [0.25, 0.3) is 5.91 Å². The molecule has 1 fully saturated rings. The minimum Gasteiger partial charge on any atom is -0.456 e. The largest absolute Gasteiger partial charge is 0.456 e. The zero-order chi connectivity index (χ0) is 16.9. The van der Waals surface area contributed by atoms with Crippen LogP contribution in [0, 0.1) is 6.92 Å². The summed E-state index contributed by atoms with van der Waals surface area (Å²) in [5.41, 5.74) is 0. The molecular weight excluding hydrogens is 308 g/mol. The molecular formula is C17H24N4O3. The number of hydrogen-bond acceptors (Lipinski definition) is 5. The number of hydrogen-bond donors (Lipinski definition) is 2. The Labute approximate surface area is 141 Å². The fraction of sp³-hybridized carbons (Fsp3) is 0.529. The number of nitrogens with one attached hydrogen (secondary N) is 1. The lowest BCUT2D eigenvalue weighted by Gasteiger charge is -2.33. The van der Waals surface area contributed by atoms with Crippen molar-refractivity contribution in [3.05, 3.63) is 42.1 Å². The van der Waals surface area contributed by atoms with E-state index in [1.165, 1.54) is 0 Å². The maximum absolute atomic E-state index is 12.1. The summed E-state index contributed by atoms with van der Waals surface area (Å²) in [6.45, 7) is 4.67. The Morgan fingerprint density at radius 1 is 1.42 bits per heavy atom. The summed E-state index contributed by atoms with van der Waals surface area (Å²) in [5.74, 6) is 0.950. The first-order valence-electron chi connectivity index (χ1n) is 8.35. The SMILES string of the molecule is Cc1ccc(C(=O)NC2CCN(C[C@H](O)Cn3cccn3)CC2)o1. The van der Waals surface area contributed by atoms with Crippen LogP contribution in [0.2, 0.25) is 0 Å². The van der Waals surface area contributed by atoms with E-state index in [1.807, 2.05) is 19.2 Å². The molecule has 1 saturated heterocycles. The smallest absolute Gasteiger partial charge is 0.287 e. The molecule has 2 aromatic rings. The first kappa shape index (κ1) is 16.7. The predicted octanol–water partition coefficient (Wildman–Crippen LogP) is 1.04. The van der Waals surface area contributed by atoms with Crippen molar-refractivity contribution in [1.82, 2.24) is 20.0 Å². The van der Waals surface area contributed by atoms with E-state index in [9.17, 15) is 9.90 Å². The molecule has 1 amide bonds. The number of carbonyl (C=O) groups is 1. The van der Waals surface area contributed by atoms with E-state index in [-0.39, 0.29) is 11.9 Å². The Hall–Kier alpha value is -2.12. The van der Waals surface area contributed by atoms with Gasteiger partial charge in [-0.1, -0.05) is 0 Å². The van der Waals surface area contributed by atoms with Gasteiger partial charge in [0.2, 0.25) is 0 Å². The van der Waals surface area contributed by atoms with Crippen LogP contribution in [0.5, 0.6) is 0 Å². The zero-order valence-electron chi connectivity index (χ0n) is 13.9. The number of rotatable bonds is 6. The fourth-order valence-electron chi connectivity index (χ4n) is 3.05. The average Bonchev–Trinajstić information content (AvgIpc) is 3.21. The predicted molar refractivity (Wildman–Crippen MR) is 88.6 cm³/mol. The lowest BCUT2D eigenvalue weighted by Crippen LogP contribution is -2.46. The van der Waals surface area contributed by atoms with Gasteiger partial charge in [0.05, 0.1) is 12.6 Å². The number of likely N-dealkylation sites (tertiary alicyclic amines) is 1. The van der Waals surface area contributed by atoms with Gasteiger partial charge in [-0.25, -0.2) is 0 Å². The Morgan fingerprint density at radius 3 is 2.83 bits per heavy atom. The zero-order valence-corrected chi connectivity index (χ0v) is 13.9. The first-order valence-corrected chi connectivity index (χ1v) is 8.35. The van der Waals surface area contributed by atoms with E-state index < -0.39 is 6.10 Å². The van der Waals surface area contributed by atoms with Crippen LogP contribution in [0.15, 0.2) is 35.0 Å². The molecule has 1 aliphatic rings. The summed E-state index contributed by atoms with van der Waals surface area (Å²) in [7, 11) is 0. The quantitative estimate of drug-likeness (QED) is 0.826. The second-order valence-electron chi connectivity index (χ2n) is 6.34. The van der Waals surface area contributed by atoms with Crippen LogP contribution in [-0.2, 0) is 6.54 Å². The summed E-state index contributed by atoms with van der Waals surface area (Å²) in [4.78, 5) is 14.3. The maximum Gasteiger partial charge on any atom is 0.287 e. The number of carbonyl (C=O) groups excluding carboxylic acids is 1. The normalized spacial score (nSPS) is 17.8. The second-order valence-corrected chi connectivity index (χ2v) is 6.34. The van der Waals surface area contributed by atoms with Crippen molar-refractivity contribution in [2.24, 2.45) is 0 Å². The van der Waals surface area contributed by atoms with Crippen LogP contribution >= 0.6 is 0 Å². The molecule has 0 aromatic carbocycles. The number of nitrogens with zero attached hydrogens (tertiary/aromatic N) is 3. The molecule has 0 aliphatic carbocycles. The minimum atomic E-state index is -0.442. The highest BCUT2D eigenvalue weighted by molar-refractivity contribution is 5.91. The van der Waals surface area contributed by atoms with Crippen molar-refractivity contribution in [2.75, 3.05) is 19.6 Å². The summed E-state index contributed by atoms with van der Waals surface area (Å²) in [6, 6.07) is 5.49. The number of amides is 1. The number of β-amino-alcohol motifs (C(OH)–C–C–N with tert-alkyl or cyclic N) is 1. The van der Waals surface area contributed by atoms with Gasteiger partial charge in [-0.3, -0.25) is 9.48 Å². The van der Waals surface area contributed by atoms with Gasteiger partial charge in [0.1, 0.15) is 5.76 Å². The van der Waals surface area contributed by atoms with Gasteiger partial charge in [-0.2, -0.15) is 5.10 Å². The molecule has 2 N–H and O–H groups in total. The van der Waals surface area contributed by atoms with Crippen molar-refractivity contribution >= 4 is 5.91 Å². The van der Waals surface area contributed by atoms with Crippen LogP contribution in [0.4, 0.5) is 0 Å². The van der Waals surface area contributed by atoms with Crippen LogP contribution < -0.4 is 5.32 Å². The molecule has 0 saturated carbocycles. The van der Waals surface area contributed by atoms with Crippen molar-refractivity contribution in [2.45, 2.75) is 38.5 Å². The number of aliphatic hydroxyl groups is 1. The van der Waals surface area contributed by atoms with E-state index in [2.05, 4.69) is 15.3 Å². The van der Waals surface area contributed by atoms with Crippen molar-refractivity contribution in [3.8, 4) is 0 Å². The van der Waals surface area contributed by atoms with Gasteiger partial charge in [-0.05, 0) is 38.0 Å². The second kappa shape index (κ2) is 7.63. The third-order valence-electron chi connectivity index (χ3n) is 4.31. The van der Waals surface area contributed by atoms with Crippen molar-refractivity contribution in [1.29, 1.82) is 0 Å². The molecule has 0 unspecified atom stereocenters. The third kappa shape index (κ3) is 4.46. The van der Waals surface area contributed by atoms with E-state index in [0.29, 0.717) is 18.8 Å². The fourth-order valence-corrected chi connectivity index (χ4v) is 3.05. The molecule has 24 heavy (non-hydrogen) atoms. The molecule has 0 spiro atoms. The van der Waals surface area contributed by atoms with Gasteiger partial charge in [-0.15, -0.1) is 0 Å². The Bertz CT molecular complexity index is 645.